The lowest BCUT2D eigenvalue weighted by Crippen LogP contribution is -2.13. The number of nitrogen functional groups attached to an aromatic ring is 1. The number of nitrogens with two attached hydrogens (primary N) is 1. The molecule has 0 atom stereocenters. The Balaban J connectivity index is 2.34. The molecule has 0 aliphatic rings. The number of aromatic nitrogens is 2. The predicted molar refractivity (Wildman–Crippen MR) is 66.6 cm³/mol. The molecule has 94 valence electrons. The molecule has 6 heteroatoms. The molecule has 1 aromatic carbocycles. The lowest BCUT2D eigenvalue weighted by molar-refractivity contribution is 0.297. The summed E-state index contributed by atoms with van der Waals surface area (Å²) in [4.78, 5) is 17.5. The topological polar surface area (TPSA) is 101 Å². The van der Waals surface area contributed by atoms with E-state index in [1.54, 1.807) is 12.1 Å². The van der Waals surface area contributed by atoms with E-state index in [1.807, 2.05) is 12.1 Å². The number of H-pyrrole nitrogens is 1. The summed E-state index contributed by atoms with van der Waals surface area (Å²) in [5.74, 6) is 0.584. The quantitative estimate of drug-likeness (QED) is 0.737. The second kappa shape index (κ2) is 5.33. The van der Waals surface area contributed by atoms with Crippen molar-refractivity contribution >= 4 is 5.69 Å². The van der Waals surface area contributed by atoms with E-state index in [-0.39, 0.29) is 18.2 Å². The fourth-order valence-electron chi connectivity index (χ4n) is 1.51. The first-order valence-corrected chi connectivity index (χ1v) is 5.42. The van der Waals surface area contributed by atoms with Gasteiger partial charge in [0.25, 0.3) is 5.56 Å². The largest absolute Gasteiger partial charge is 0.437 e. The van der Waals surface area contributed by atoms with Gasteiger partial charge >= 0.3 is 0 Å². The minimum atomic E-state index is -0.445. The van der Waals surface area contributed by atoms with Crippen LogP contribution in [0.3, 0.4) is 0 Å². The molecule has 2 rings (SSSR count). The van der Waals surface area contributed by atoms with Crippen molar-refractivity contribution < 1.29 is 9.84 Å². The smallest absolute Gasteiger partial charge is 0.277 e. The van der Waals surface area contributed by atoms with Crippen molar-refractivity contribution in [3.05, 3.63) is 46.5 Å². The molecule has 0 bridgehead atoms. The summed E-state index contributed by atoms with van der Waals surface area (Å²) >= 11 is 0. The van der Waals surface area contributed by atoms with Crippen LogP contribution >= 0.6 is 0 Å². The van der Waals surface area contributed by atoms with Crippen LogP contribution in [0.5, 0.6) is 11.6 Å². The first kappa shape index (κ1) is 12.1. The number of benzene rings is 1. The molecule has 18 heavy (non-hydrogen) atoms. The minimum Gasteiger partial charge on any atom is -0.437 e. The van der Waals surface area contributed by atoms with Crippen LogP contribution in [0, 0.1) is 0 Å². The van der Waals surface area contributed by atoms with Crippen LogP contribution in [0.25, 0.3) is 0 Å². The SMILES string of the molecule is Nc1c(Oc2ccccc2CCO)nc[nH]c1=O. The van der Waals surface area contributed by atoms with Gasteiger partial charge in [-0.25, -0.2) is 4.98 Å². The van der Waals surface area contributed by atoms with E-state index < -0.39 is 5.56 Å². The van der Waals surface area contributed by atoms with E-state index in [0.717, 1.165) is 5.56 Å². The van der Waals surface area contributed by atoms with Gasteiger partial charge in [0, 0.05) is 6.61 Å². The zero-order chi connectivity index (χ0) is 13.0. The fraction of sp³-hybridized carbons (Fsp3) is 0.167. The number of ether oxygens (including phenoxy) is 1. The van der Waals surface area contributed by atoms with Gasteiger partial charge < -0.3 is 20.6 Å². The van der Waals surface area contributed by atoms with Crippen molar-refractivity contribution in [2.45, 2.75) is 6.42 Å². The number of nitrogens with one attached hydrogen (secondary N) is 1. The molecule has 0 aliphatic carbocycles. The molecular weight excluding hydrogens is 234 g/mol. The Morgan fingerprint density at radius 3 is 2.94 bits per heavy atom. The van der Waals surface area contributed by atoms with Crippen LogP contribution in [0.2, 0.25) is 0 Å². The van der Waals surface area contributed by atoms with Crippen molar-refractivity contribution in [3.63, 3.8) is 0 Å². The van der Waals surface area contributed by atoms with Gasteiger partial charge in [-0.1, -0.05) is 18.2 Å². The zero-order valence-electron chi connectivity index (χ0n) is 9.59. The Kier molecular flexibility index (Phi) is 3.59. The highest BCUT2D eigenvalue weighted by molar-refractivity contribution is 5.48. The molecule has 6 nitrogen and oxygen atoms in total. The van der Waals surface area contributed by atoms with Crippen molar-refractivity contribution in [1.29, 1.82) is 0 Å². The van der Waals surface area contributed by atoms with Gasteiger partial charge in [-0.05, 0) is 18.1 Å². The monoisotopic (exact) mass is 247 g/mol. The van der Waals surface area contributed by atoms with Gasteiger partial charge in [0.1, 0.15) is 5.75 Å². The normalized spacial score (nSPS) is 10.3. The molecule has 0 amide bonds. The summed E-state index contributed by atoms with van der Waals surface area (Å²) in [6, 6.07) is 7.19. The first-order chi connectivity index (χ1) is 8.72. The molecule has 0 saturated heterocycles. The number of para-hydroxylation sites is 1. The Labute approximate surface area is 103 Å². The zero-order valence-corrected chi connectivity index (χ0v) is 9.59. The van der Waals surface area contributed by atoms with E-state index in [9.17, 15) is 4.79 Å². The van der Waals surface area contributed by atoms with Crippen molar-refractivity contribution in [1.82, 2.24) is 9.97 Å². The lowest BCUT2D eigenvalue weighted by Gasteiger charge is -2.10. The van der Waals surface area contributed by atoms with Crippen molar-refractivity contribution in [2.75, 3.05) is 12.3 Å². The van der Waals surface area contributed by atoms with E-state index in [4.69, 9.17) is 15.6 Å². The van der Waals surface area contributed by atoms with E-state index >= 15 is 0 Å². The van der Waals surface area contributed by atoms with E-state index in [0.29, 0.717) is 12.2 Å². The van der Waals surface area contributed by atoms with Crippen LogP contribution < -0.4 is 16.0 Å². The summed E-state index contributed by atoms with van der Waals surface area (Å²) < 4.78 is 5.51. The van der Waals surface area contributed by atoms with Gasteiger partial charge in [0.2, 0.25) is 5.88 Å². The van der Waals surface area contributed by atoms with Crippen LogP contribution in [0.15, 0.2) is 35.4 Å². The van der Waals surface area contributed by atoms with Crippen LogP contribution in [-0.4, -0.2) is 21.7 Å². The first-order valence-electron chi connectivity index (χ1n) is 5.42. The molecule has 4 N–H and O–H groups in total. The third-order valence-corrected chi connectivity index (χ3v) is 2.41. The summed E-state index contributed by atoms with van der Waals surface area (Å²) in [5.41, 5.74) is 5.88. The van der Waals surface area contributed by atoms with Crippen LogP contribution in [-0.2, 0) is 6.42 Å². The highest BCUT2D eigenvalue weighted by Gasteiger charge is 2.09. The number of rotatable bonds is 4. The maximum Gasteiger partial charge on any atom is 0.277 e. The van der Waals surface area contributed by atoms with Gasteiger partial charge in [0.05, 0.1) is 6.33 Å². The van der Waals surface area contributed by atoms with E-state index in [1.165, 1.54) is 6.33 Å². The van der Waals surface area contributed by atoms with Crippen LogP contribution in [0.4, 0.5) is 5.69 Å². The molecule has 2 aromatic rings. The Hall–Kier alpha value is -2.34. The highest BCUT2D eigenvalue weighted by Crippen LogP contribution is 2.25. The Bertz CT molecular complexity index is 595. The number of aliphatic hydroxyl groups excluding tert-OH is 1. The third kappa shape index (κ3) is 2.49. The molecule has 0 fully saturated rings. The number of anilines is 1. The van der Waals surface area contributed by atoms with Crippen molar-refractivity contribution in [2.24, 2.45) is 0 Å². The van der Waals surface area contributed by atoms with Gasteiger partial charge in [-0.2, -0.15) is 0 Å². The maximum absolute atomic E-state index is 11.3. The molecule has 0 radical (unpaired) electrons. The summed E-state index contributed by atoms with van der Waals surface area (Å²) in [6.07, 6.45) is 1.68. The standard InChI is InChI=1S/C12H13N3O3/c13-10-11(17)14-7-15-12(10)18-9-4-2-1-3-8(9)5-6-16/h1-4,7,16H,5-6,13H2,(H,14,15,17). The average Bonchev–Trinajstić information content (AvgIpc) is 2.37. The summed E-state index contributed by atoms with van der Waals surface area (Å²) in [5, 5.41) is 8.96. The minimum absolute atomic E-state index is 0.0126. The second-order valence-corrected chi connectivity index (χ2v) is 3.63. The number of hydrogen-bond acceptors (Lipinski definition) is 5. The molecule has 0 spiro atoms. The third-order valence-electron chi connectivity index (χ3n) is 2.41. The average molecular weight is 247 g/mol. The Morgan fingerprint density at radius 1 is 1.39 bits per heavy atom. The summed E-state index contributed by atoms with van der Waals surface area (Å²) in [7, 11) is 0. The van der Waals surface area contributed by atoms with Crippen LogP contribution in [0.1, 0.15) is 5.56 Å². The summed E-state index contributed by atoms with van der Waals surface area (Å²) in [6.45, 7) is 0.0126. The molecule has 1 heterocycles. The predicted octanol–water partition coefficient (Wildman–Crippen LogP) is 0.679. The van der Waals surface area contributed by atoms with Gasteiger partial charge in [0.15, 0.2) is 5.69 Å². The number of aromatic amines is 1. The second-order valence-electron chi connectivity index (χ2n) is 3.63. The van der Waals surface area contributed by atoms with Gasteiger partial charge in [-0.3, -0.25) is 4.79 Å². The van der Waals surface area contributed by atoms with E-state index in [2.05, 4.69) is 9.97 Å². The molecule has 0 aliphatic heterocycles. The number of hydrogen-bond donors (Lipinski definition) is 3. The highest BCUT2D eigenvalue weighted by atomic mass is 16.5. The number of aliphatic hydroxyl groups is 1. The molecular formula is C12H13N3O3. The molecule has 0 unspecified atom stereocenters. The molecule has 1 aromatic heterocycles. The van der Waals surface area contributed by atoms with Gasteiger partial charge in [-0.15, -0.1) is 0 Å². The Morgan fingerprint density at radius 2 is 2.17 bits per heavy atom. The molecule has 0 saturated carbocycles. The fourth-order valence-corrected chi connectivity index (χ4v) is 1.51. The lowest BCUT2D eigenvalue weighted by atomic mass is 10.1. The number of nitrogens with zero attached hydrogens (tertiary/aromatic N) is 1. The maximum atomic E-state index is 11.3. The van der Waals surface area contributed by atoms with Crippen molar-refractivity contribution in [3.8, 4) is 11.6 Å².